The number of hydrogen-bond donors (Lipinski definition) is 2. The molecule has 0 saturated carbocycles. The highest BCUT2D eigenvalue weighted by molar-refractivity contribution is 7.89. The van der Waals surface area contributed by atoms with Gasteiger partial charge in [-0.15, -0.1) is 4.83 Å². The van der Waals surface area contributed by atoms with Gasteiger partial charge in [-0.25, -0.2) is 8.42 Å². The van der Waals surface area contributed by atoms with Gasteiger partial charge in [0.25, 0.3) is 15.9 Å². The third kappa shape index (κ3) is 5.11. The Morgan fingerprint density at radius 3 is 2.30 bits per heavy atom. The zero-order chi connectivity index (χ0) is 19.4. The van der Waals surface area contributed by atoms with E-state index in [4.69, 9.17) is 27.9 Å². The molecule has 140 valence electrons. The maximum Gasteiger partial charge on any atom is 0.272 e. The van der Waals surface area contributed by atoms with Crippen LogP contribution in [0.5, 0.6) is 5.75 Å². The fourth-order valence-corrected chi connectivity index (χ4v) is 3.89. The molecule has 9 heteroatoms. The number of carbonyl (C=O) groups is 1. The predicted molar refractivity (Wildman–Crippen MR) is 104 cm³/mol. The normalized spacial score (nSPS) is 11.3. The van der Waals surface area contributed by atoms with Gasteiger partial charge >= 0.3 is 0 Å². The topological polar surface area (TPSA) is 84.5 Å². The minimum atomic E-state index is -4.02. The average molecular weight is 425 g/mol. The molecular formula is C18H14Cl2N2O4S. The number of rotatable bonds is 6. The molecule has 2 N–H and O–H groups in total. The Morgan fingerprint density at radius 2 is 1.59 bits per heavy atom. The molecule has 0 aliphatic carbocycles. The van der Waals surface area contributed by atoms with E-state index >= 15 is 0 Å². The summed E-state index contributed by atoms with van der Waals surface area (Å²) < 4.78 is 29.8. The van der Waals surface area contributed by atoms with Gasteiger partial charge in [-0.2, -0.15) is 0 Å². The van der Waals surface area contributed by atoms with Gasteiger partial charge in [0, 0.05) is 10.0 Å². The maximum absolute atomic E-state index is 12.2. The van der Waals surface area contributed by atoms with Crippen LogP contribution in [0.25, 0.3) is 10.8 Å². The summed E-state index contributed by atoms with van der Waals surface area (Å²) in [5.41, 5.74) is 2.08. The Morgan fingerprint density at radius 1 is 0.926 bits per heavy atom. The van der Waals surface area contributed by atoms with Gasteiger partial charge in [-0.1, -0.05) is 53.5 Å². The molecule has 0 heterocycles. The molecule has 3 aromatic carbocycles. The van der Waals surface area contributed by atoms with Crippen molar-refractivity contribution in [3.8, 4) is 5.75 Å². The van der Waals surface area contributed by atoms with Gasteiger partial charge in [0.05, 0.1) is 4.90 Å². The number of halogens is 2. The van der Waals surface area contributed by atoms with E-state index in [2.05, 4.69) is 5.43 Å². The van der Waals surface area contributed by atoms with Crippen molar-refractivity contribution >= 4 is 49.9 Å². The number of hydrazine groups is 1. The molecule has 1 amide bonds. The molecule has 0 radical (unpaired) electrons. The summed E-state index contributed by atoms with van der Waals surface area (Å²) in [6.45, 7) is -0.364. The second-order valence-corrected chi connectivity index (χ2v) is 8.11. The number of benzene rings is 3. The van der Waals surface area contributed by atoms with Crippen LogP contribution in [0.3, 0.4) is 0 Å². The molecule has 0 aromatic heterocycles. The van der Waals surface area contributed by atoms with Gasteiger partial charge in [-0.05, 0) is 41.1 Å². The molecule has 27 heavy (non-hydrogen) atoms. The number of carbonyl (C=O) groups excluding carboxylic acids is 1. The lowest BCUT2D eigenvalue weighted by atomic mass is 10.1. The molecular weight excluding hydrogens is 411 g/mol. The highest BCUT2D eigenvalue weighted by Crippen LogP contribution is 2.22. The van der Waals surface area contributed by atoms with E-state index in [0.717, 1.165) is 10.8 Å². The van der Waals surface area contributed by atoms with Gasteiger partial charge in [0.2, 0.25) is 0 Å². The molecule has 0 aliphatic rings. The van der Waals surface area contributed by atoms with Crippen molar-refractivity contribution in [3.05, 3.63) is 70.7 Å². The molecule has 0 bridgehead atoms. The van der Waals surface area contributed by atoms with Crippen LogP contribution in [0.15, 0.2) is 65.6 Å². The first-order chi connectivity index (χ1) is 12.8. The highest BCUT2D eigenvalue weighted by atomic mass is 35.5. The van der Waals surface area contributed by atoms with Crippen molar-refractivity contribution in [1.82, 2.24) is 10.3 Å². The average Bonchev–Trinajstić information content (AvgIpc) is 2.64. The number of nitrogens with one attached hydrogen (secondary N) is 2. The first-order valence-corrected chi connectivity index (χ1v) is 9.96. The van der Waals surface area contributed by atoms with Crippen LogP contribution in [0.4, 0.5) is 0 Å². The molecule has 0 spiro atoms. The van der Waals surface area contributed by atoms with Crippen molar-refractivity contribution in [2.75, 3.05) is 6.61 Å². The molecule has 3 aromatic rings. The summed E-state index contributed by atoms with van der Waals surface area (Å²) >= 11 is 11.6. The lowest BCUT2D eigenvalue weighted by Crippen LogP contribution is -2.43. The SMILES string of the molecule is O=C(COc1ccc2ccccc2c1)NNS(=O)(=O)c1cc(Cl)cc(Cl)c1. The van der Waals surface area contributed by atoms with Gasteiger partial charge in [0.15, 0.2) is 6.61 Å². The van der Waals surface area contributed by atoms with Crippen LogP contribution in [0.2, 0.25) is 10.0 Å². The Bertz CT molecular complexity index is 1080. The fourth-order valence-electron chi connectivity index (χ4n) is 2.31. The van der Waals surface area contributed by atoms with Crippen LogP contribution in [0, 0.1) is 0 Å². The van der Waals surface area contributed by atoms with E-state index in [1.165, 1.54) is 18.2 Å². The molecule has 0 unspecified atom stereocenters. The first kappa shape index (κ1) is 19.4. The van der Waals surface area contributed by atoms with Crippen LogP contribution < -0.4 is 15.0 Å². The van der Waals surface area contributed by atoms with Gasteiger partial charge in [-0.3, -0.25) is 10.2 Å². The Hall–Kier alpha value is -2.32. The van der Waals surface area contributed by atoms with Crippen molar-refractivity contribution in [2.24, 2.45) is 0 Å². The van der Waals surface area contributed by atoms with Crippen molar-refractivity contribution < 1.29 is 17.9 Å². The van der Waals surface area contributed by atoms with Crippen molar-refractivity contribution in [3.63, 3.8) is 0 Å². The number of ether oxygens (including phenoxy) is 1. The van der Waals surface area contributed by atoms with Crippen LogP contribution in [-0.2, 0) is 14.8 Å². The lowest BCUT2D eigenvalue weighted by molar-refractivity contribution is -0.123. The van der Waals surface area contributed by atoms with E-state index in [-0.39, 0.29) is 21.5 Å². The quantitative estimate of drug-likeness (QED) is 0.592. The summed E-state index contributed by atoms with van der Waals surface area (Å²) in [5, 5.41) is 2.33. The Balaban J connectivity index is 1.58. The zero-order valence-corrected chi connectivity index (χ0v) is 16.1. The maximum atomic E-state index is 12.2. The fraction of sp³-hybridized carbons (Fsp3) is 0.0556. The minimum Gasteiger partial charge on any atom is -0.484 e. The third-order valence-corrected chi connectivity index (χ3v) is 5.23. The predicted octanol–water partition coefficient (Wildman–Crippen LogP) is 3.54. The van der Waals surface area contributed by atoms with Crippen LogP contribution in [0.1, 0.15) is 0 Å². The number of amides is 1. The second-order valence-electron chi connectivity index (χ2n) is 5.56. The summed E-state index contributed by atoms with van der Waals surface area (Å²) in [6, 6.07) is 16.9. The van der Waals surface area contributed by atoms with Crippen LogP contribution in [-0.4, -0.2) is 20.9 Å². The number of hydrogen-bond acceptors (Lipinski definition) is 4. The second kappa shape index (κ2) is 8.14. The first-order valence-electron chi connectivity index (χ1n) is 7.72. The smallest absolute Gasteiger partial charge is 0.272 e. The summed E-state index contributed by atoms with van der Waals surface area (Å²) in [4.78, 5) is 13.7. The van der Waals surface area contributed by atoms with E-state index in [1.54, 1.807) is 12.1 Å². The monoisotopic (exact) mass is 424 g/mol. The molecule has 0 aliphatic heterocycles. The third-order valence-electron chi connectivity index (χ3n) is 3.56. The van der Waals surface area contributed by atoms with E-state index in [0.29, 0.717) is 5.75 Å². The minimum absolute atomic E-state index is 0.161. The number of fused-ring (bicyclic) bond motifs is 1. The van der Waals surface area contributed by atoms with Crippen LogP contribution >= 0.6 is 23.2 Å². The number of sulfonamides is 1. The van der Waals surface area contributed by atoms with Crippen molar-refractivity contribution in [2.45, 2.75) is 4.90 Å². The van der Waals surface area contributed by atoms with E-state index in [1.807, 2.05) is 35.2 Å². The van der Waals surface area contributed by atoms with Crippen molar-refractivity contribution in [1.29, 1.82) is 0 Å². The van der Waals surface area contributed by atoms with Gasteiger partial charge < -0.3 is 4.74 Å². The Kier molecular flexibility index (Phi) is 5.86. The van der Waals surface area contributed by atoms with Gasteiger partial charge in [0.1, 0.15) is 5.75 Å². The summed E-state index contributed by atoms with van der Waals surface area (Å²) in [7, 11) is -4.02. The molecule has 6 nitrogen and oxygen atoms in total. The molecule has 0 fully saturated rings. The highest BCUT2D eigenvalue weighted by Gasteiger charge is 2.16. The standard InChI is InChI=1S/C18H14Cl2N2O4S/c19-14-8-15(20)10-17(9-14)27(24,25)22-21-18(23)11-26-16-6-5-12-3-1-2-4-13(12)7-16/h1-10,22H,11H2,(H,21,23). The molecule has 3 rings (SSSR count). The Labute approximate surface area is 166 Å². The van der Waals surface area contributed by atoms with E-state index in [9.17, 15) is 13.2 Å². The molecule has 0 saturated heterocycles. The van der Waals surface area contributed by atoms with E-state index < -0.39 is 15.9 Å². The summed E-state index contributed by atoms with van der Waals surface area (Å²) in [5.74, 6) is -0.173. The lowest BCUT2D eigenvalue weighted by Gasteiger charge is -2.10. The zero-order valence-electron chi connectivity index (χ0n) is 13.8. The largest absolute Gasteiger partial charge is 0.484 e. The summed E-state index contributed by atoms with van der Waals surface area (Å²) in [6.07, 6.45) is 0. The molecule has 0 atom stereocenters.